The van der Waals surface area contributed by atoms with E-state index >= 15 is 0 Å². The van der Waals surface area contributed by atoms with Gasteiger partial charge in [-0.05, 0) is 36.8 Å². The minimum absolute atomic E-state index is 0.0590. The van der Waals surface area contributed by atoms with E-state index in [0.29, 0.717) is 18.5 Å². The van der Waals surface area contributed by atoms with Gasteiger partial charge < -0.3 is 10.4 Å². The van der Waals surface area contributed by atoms with Crippen LogP contribution in [-0.2, 0) is 13.0 Å². The third kappa shape index (κ3) is 4.51. The number of aryl methyl sites for hydroxylation is 1. The number of aromatic nitrogens is 3. The predicted octanol–water partition coefficient (Wildman–Crippen LogP) is 2.42. The highest BCUT2D eigenvalue weighted by Crippen LogP contribution is 2.12. The van der Waals surface area contributed by atoms with Crippen molar-refractivity contribution in [2.75, 3.05) is 11.9 Å². The van der Waals surface area contributed by atoms with Crippen molar-refractivity contribution in [3.63, 3.8) is 0 Å². The molecule has 2 N–H and O–H groups in total. The van der Waals surface area contributed by atoms with Crippen LogP contribution < -0.4 is 5.32 Å². The Balaban J connectivity index is 1.62. The van der Waals surface area contributed by atoms with Gasteiger partial charge in [-0.1, -0.05) is 35.0 Å². The summed E-state index contributed by atoms with van der Waals surface area (Å²) in [5, 5.41) is 19.8. The number of benzene rings is 2. The third-order valence-electron chi connectivity index (χ3n) is 3.82. The van der Waals surface area contributed by atoms with Crippen molar-refractivity contribution in [2.45, 2.75) is 19.9 Å². The topological polar surface area (TPSA) is 80.0 Å². The molecule has 6 nitrogen and oxygen atoms in total. The van der Waals surface area contributed by atoms with Gasteiger partial charge in [-0.25, -0.2) is 4.68 Å². The van der Waals surface area contributed by atoms with Crippen LogP contribution in [0.15, 0.2) is 54.7 Å². The maximum atomic E-state index is 12.3. The minimum Gasteiger partial charge on any atom is -0.396 e. The molecule has 2 aromatic carbocycles. The second-order valence-corrected chi connectivity index (χ2v) is 5.90. The van der Waals surface area contributed by atoms with Crippen LogP contribution in [0.25, 0.3) is 0 Å². The minimum atomic E-state index is -0.138. The Labute approximate surface area is 146 Å². The molecule has 0 unspecified atom stereocenters. The van der Waals surface area contributed by atoms with Crippen LogP contribution in [0.5, 0.6) is 0 Å². The number of amides is 1. The predicted molar refractivity (Wildman–Crippen MR) is 95.5 cm³/mol. The van der Waals surface area contributed by atoms with Gasteiger partial charge in [0.25, 0.3) is 5.91 Å². The molecule has 0 bridgehead atoms. The van der Waals surface area contributed by atoms with E-state index in [9.17, 15) is 4.79 Å². The lowest BCUT2D eigenvalue weighted by Gasteiger charge is -2.07. The van der Waals surface area contributed by atoms with E-state index in [1.54, 1.807) is 16.8 Å². The van der Waals surface area contributed by atoms with Crippen LogP contribution >= 0.6 is 0 Å². The Hall–Kier alpha value is -2.99. The normalized spacial score (nSPS) is 10.6. The summed E-state index contributed by atoms with van der Waals surface area (Å²) in [5.74, 6) is -0.138. The number of carbonyl (C=O) groups excluding carboxylic acids is 1. The van der Waals surface area contributed by atoms with E-state index in [0.717, 1.165) is 22.5 Å². The van der Waals surface area contributed by atoms with Crippen LogP contribution in [0.3, 0.4) is 0 Å². The van der Waals surface area contributed by atoms with Gasteiger partial charge >= 0.3 is 0 Å². The van der Waals surface area contributed by atoms with Crippen LogP contribution in [0.4, 0.5) is 5.69 Å². The number of rotatable bonds is 6. The Morgan fingerprint density at radius 3 is 2.52 bits per heavy atom. The van der Waals surface area contributed by atoms with Gasteiger partial charge in [0, 0.05) is 30.5 Å². The second-order valence-electron chi connectivity index (χ2n) is 5.90. The van der Waals surface area contributed by atoms with Crippen LogP contribution in [0.2, 0.25) is 0 Å². The number of hydrogen-bond acceptors (Lipinski definition) is 4. The van der Waals surface area contributed by atoms with Crippen molar-refractivity contribution in [3.8, 4) is 0 Å². The first-order valence-electron chi connectivity index (χ1n) is 8.11. The summed E-state index contributed by atoms with van der Waals surface area (Å²) < 4.78 is 1.71. The Morgan fingerprint density at radius 1 is 1.12 bits per heavy atom. The third-order valence-corrected chi connectivity index (χ3v) is 3.82. The Kier molecular flexibility index (Phi) is 5.20. The largest absolute Gasteiger partial charge is 0.396 e. The number of hydrogen-bond donors (Lipinski definition) is 2. The number of nitrogens with zero attached hydrogens (tertiary/aromatic N) is 3. The van der Waals surface area contributed by atoms with Gasteiger partial charge in [0.15, 0.2) is 0 Å². The van der Waals surface area contributed by atoms with Gasteiger partial charge in [-0.15, -0.1) is 5.10 Å². The molecular formula is C19H20N4O2. The molecule has 0 saturated heterocycles. The van der Waals surface area contributed by atoms with E-state index < -0.39 is 0 Å². The highest BCUT2D eigenvalue weighted by molar-refractivity contribution is 6.04. The van der Waals surface area contributed by atoms with E-state index in [4.69, 9.17) is 5.11 Å². The number of nitrogens with one attached hydrogen (secondary N) is 1. The van der Waals surface area contributed by atoms with Gasteiger partial charge in [-0.2, -0.15) is 0 Å². The zero-order valence-corrected chi connectivity index (χ0v) is 14.0. The summed E-state index contributed by atoms with van der Waals surface area (Å²) in [6, 6.07) is 15.1. The number of carbonyl (C=O) groups is 1. The highest BCUT2D eigenvalue weighted by atomic mass is 16.3. The zero-order valence-electron chi connectivity index (χ0n) is 14.0. The number of aliphatic hydroxyl groups excluding tert-OH is 1. The molecule has 128 valence electrons. The first-order chi connectivity index (χ1) is 12.1. The first-order valence-corrected chi connectivity index (χ1v) is 8.11. The molecule has 0 spiro atoms. The molecule has 3 rings (SSSR count). The highest BCUT2D eigenvalue weighted by Gasteiger charge is 2.07. The summed E-state index contributed by atoms with van der Waals surface area (Å²) in [6.07, 6.45) is 2.31. The molecule has 0 saturated carbocycles. The molecule has 0 aliphatic heterocycles. The maximum Gasteiger partial charge on any atom is 0.255 e. The average Bonchev–Trinajstić information content (AvgIpc) is 3.05. The average molecular weight is 336 g/mol. The fourth-order valence-electron chi connectivity index (χ4n) is 2.43. The maximum absolute atomic E-state index is 12.3. The lowest BCUT2D eigenvalue weighted by atomic mass is 10.1. The molecule has 1 aromatic heterocycles. The van der Waals surface area contributed by atoms with Crippen molar-refractivity contribution >= 4 is 11.6 Å². The van der Waals surface area contributed by atoms with E-state index in [1.165, 1.54) is 0 Å². The Morgan fingerprint density at radius 2 is 1.84 bits per heavy atom. The molecule has 1 heterocycles. The van der Waals surface area contributed by atoms with E-state index in [2.05, 4.69) is 15.6 Å². The SMILES string of the molecule is Cc1ccc(NC(=O)c2ccc(Cn3cc(CCO)nn3)cc2)cc1. The van der Waals surface area contributed by atoms with Crippen LogP contribution in [0.1, 0.15) is 27.2 Å². The summed E-state index contributed by atoms with van der Waals surface area (Å²) in [5.41, 5.74) is 4.31. The first kappa shape index (κ1) is 16.9. The van der Waals surface area contributed by atoms with Crippen molar-refractivity contribution in [1.29, 1.82) is 0 Å². The monoisotopic (exact) mass is 336 g/mol. The standard InChI is InChI=1S/C19H20N4O2/c1-14-2-8-17(9-3-14)20-19(25)16-6-4-15(5-7-16)12-23-13-18(10-11-24)21-22-23/h2-9,13,24H,10-12H2,1H3,(H,20,25). The van der Waals surface area contributed by atoms with E-state index in [-0.39, 0.29) is 12.5 Å². The van der Waals surface area contributed by atoms with Crippen LogP contribution in [0, 0.1) is 6.92 Å². The van der Waals surface area contributed by atoms with Crippen molar-refractivity contribution in [3.05, 3.63) is 77.1 Å². The van der Waals surface area contributed by atoms with Gasteiger partial charge in [0.2, 0.25) is 0 Å². The summed E-state index contributed by atoms with van der Waals surface area (Å²) in [7, 11) is 0. The fraction of sp³-hybridized carbons (Fsp3) is 0.211. The fourth-order valence-corrected chi connectivity index (χ4v) is 2.43. The van der Waals surface area contributed by atoms with Gasteiger partial charge in [0.05, 0.1) is 12.2 Å². The van der Waals surface area contributed by atoms with Crippen molar-refractivity contribution in [1.82, 2.24) is 15.0 Å². The summed E-state index contributed by atoms with van der Waals surface area (Å²) in [6.45, 7) is 2.63. The quantitative estimate of drug-likeness (QED) is 0.724. The molecule has 0 radical (unpaired) electrons. The zero-order chi connectivity index (χ0) is 17.6. The lowest BCUT2D eigenvalue weighted by molar-refractivity contribution is 0.102. The van der Waals surface area contributed by atoms with Gasteiger partial charge in [0.1, 0.15) is 0 Å². The molecule has 25 heavy (non-hydrogen) atoms. The number of aliphatic hydroxyl groups is 1. The van der Waals surface area contributed by atoms with Gasteiger partial charge in [-0.3, -0.25) is 4.79 Å². The summed E-state index contributed by atoms with van der Waals surface area (Å²) >= 11 is 0. The van der Waals surface area contributed by atoms with Crippen molar-refractivity contribution < 1.29 is 9.90 Å². The Bertz CT molecular complexity index is 839. The van der Waals surface area contributed by atoms with Crippen molar-refractivity contribution in [2.24, 2.45) is 0 Å². The number of anilines is 1. The van der Waals surface area contributed by atoms with E-state index in [1.807, 2.05) is 49.5 Å². The molecule has 0 atom stereocenters. The molecule has 0 aliphatic carbocycles. The smallest absolute Gasteiger partial charge is 0.255 e. The second kappa shape index (κ2) is 7.72. The molecule has 1 amide bonds. The summed E-state index contributed by atoms with van der Waals surface area (Å²) in [4.78, 5) is 12.3. The molecule has 6 heteroatoms. The van der Waals surface area contributed by atoms with Crippen LogP contribution in [-0.4, -0.2) is 32.6 Å². The molecule has 0 aliphatic rings. The lowest BCUT2D eigenvalue weighted by Crippen LogP contribution is -2.12. The molecule has 3 aromatic rings. The molecule has 0 fully saturated rings. The molecular weight excluding hydrogens is 316 g/mol.